The number of hydrogen-bond donors (Lipinski definition) is 2. The number of fused-ring (bicyclic) bond motifs is 1. The Labute approximate surface area is 74.2 Å². The molecule has 1 aromatic heterocycles. The summed E-state index contributed by atoms with van der Waals surface area (Å²) in [5.41, 5.74) is 1.66. The fraction of sp³-hybridized carbons (Fsp3) is 0.111. The fourth-order valence-electron chi connectivity index (χ4n) is 1.27. The van der Waals surface area contributed by atoms with Gasteiger partial charge in [0.25, 0.3) is 0 Å². The van der Waals surface area contributed by atoms with E-state index in [4.69, 9.17) is 5.11 Å². The number of carboxylic acid groups (broad SMARTS) is 1. The summed E-state index contributed by atoms with van der Waals surface area (Å²) in [6, 6.07) is 5.46. The highest BCUT2D eigenvalue weighted by molar-refractivity contribution is 5.80. The van der Waals surface area contributed by atoms with E-state index in [9.17, 15) is 4.79 Å². The van der Waals surface area contributed by atoms with Crippen molar-refractivity contribution >= 4 is 16.9 Å². The predicted molar refractivity (Wildman–Crippen MR) is 47.4 cm³/mol. The van der Waals surface area contributed by atoms with E-state index < -0.39 is 5.97 Å². The normalized spacial score (nSPS) is 10.5. The van der Waals surface area contributed by atoms with Crippen LogP contribution in [0.5, 0.6) is 0 Å². The van der Waals surface area contributed by atoms with Crippen LogP contribution in [0.25, 0.3) is 10.9 Å². The summed E-state index contributed by atoms with van der Waals surface area (Å²) >= 11 is 0. The second kappa shape index (κ2) is 2.90. The van der Waals surface area contributed by atoms with Crippen LogP contribution in [-0.2, 0) is 11.2 Å². The third kappa shape index (κ3) is 1.51. The molecule has 0 spiro atoms. The summed E-state index contributed by atoms with van der Waals surface area (Å²) in [7, 11) is 0. The van der Waals surface area contributed by atoms with Gasteiger partial charge in [-0.2, -0.15) is 5.10 Å². The summed E-state index contributed by atoms with van der Waals surface area (Å²) in [5, 5.41) is 16.2. The van der Waals surface area contributed by atoms with Gasteiger partial charge < -0.3 is 5.11 Å². The van der Waals surface area contributed by atoms with Gasteiger partial charge in [-0.05, 0) is 11.6 Å². The standard InChI is InChI=1S/C9H8N2O2/c12-9(13)4-6-1-2-7-5-10-11-8(7)3-6/h1-3,5H,4H2,(H,10,11)(H,12,13). The van der Waals surface area contributed by atoms with Gasteiger partial charge in [0, 0.05) is 5.39 Å². The van der Waals surface area contributed by atoms with Crippen LogP contribution in [0.2, 0.25) is 0 Å². The van der Waals surface area contributed by atoms with Gasteiger partial charge in [0.1, 0.15) is 0 Å². The maximum atomic E-state index is 10.4. The monoisotopic (exact) mass is 176 g/mol. The first-order valence-corrected chi connectivity index (χ1v) is 3.89. The van der Waals surface area contributed by atoms with Crippen LogP contribution in [0.1, 0.15) is 5.56 Å². The van der Waals surface area contributed by atoms with Crippen LogP contribution in [0, 0.1) is 0 Å². The van der Waals surface area contributed by atoms with Gasteiger partial charge in [-0.1, -0.05) is 12.1 Å². The third-order valence-electron chi connectivity index (χ3n) is 1.86. The number of carboxylic acids is 1. The van der Waals surface area contributed by atoms with Crippen LogP contribution in [0.15, 0.2) is 24.4 Å². The molecular formula is C9H8N2O2. The molecule has 4 nitrogen and oxygen atoms in total. The summed E-state index contributed by atoms with van der Waals surface area (Å²) in [6.45, 7) is 0. The number of carbonyl (C=O) groups is 1. The fourth-order valence-corrected chi connectivity index (χ4v) is 1.27. The van der Waals surface area contributed by atoms with Crippen LogP contribution < -0.4 is 0 Å². The maximum Gasteiger partial charge on any atom is 0.307 e. The van der Waals surface area contributed by atoms with E-state index in [1.54, 1.807) is 18.3 Å². The minimum Gasteiger partial charge on any atom is -0.481 e. The molecule has 2 aromatic rings. The summed E-state index contributed by atoms with van der Waals surface area (Å²) in [6.07, 6.45) is 1.76. The molecule has 0 saturated carbocycles. The third-order valence-corrected chi connectivity index (χ3v) is 1.86. The lowest BCUT2D eigenvalue weighted by atomic mass is 10.1. The van der Waals surface area contributed by atoms with Crippen molar-refractivity contribution in [1.29, 1.82) is 0 Å². The van der Waals surface area contributed by atoms with Crippen molar-refractivity contribution in [3.63, 3.8) is 0 Å². The van der Waals surface area contributed by atoms with E-state index >= 15 is 0 Å². The van der Waals surface area contributed by atoms with Gasteiger partial charge in [-0.15, -0.1) is 0 Å². The van der Waals surface area contributed by atoms with Crippen LogP contribution in [-0.4, -0.2) is 21.3 Å². The number of aromatic nitrogens is 2. The Morgan fingerprint density at radius 1 is 1.54 bits per heavy atom. The number of nitrogens with zero attached hydrogens (tertiary/aromatic N) is 1. The number of aromatic amines is 1. The van der Waals surface area contributed by atoms with Gasteiger partial charge in [0.15, 0.2) is 0 Å². The van der Waals surface area contributed by atoms with Gasteiger partial charge in [-0.3, -0.25) is 9.89 Å². The van der Waals surface area contributed by atoms with Gasteiger partial charge in [0.2, 0.25) is 0 Å². The van der Waals surface area contributed by atoms with E-state index in [1.807, 2.05) is 6.07 Å². The molecule has 0 aliphatic rings. The van der Waals surface area contributed by atoms with E-state index in [2.05, 4.69) is 10.2 Å². The van der Waals surface area contributed by atoms with Gasteiger partial charge in [-0.25, -0.2) is 0 Å². The first-order valence-electron chi connectivity index (χ1n) is 3.89. The molecule has 0 radical (unpaired) electrons. The average Bonchev–Trinajstić information content (AvgIpc) is 2.49. The van der Waals surface area contributed by atoms with Gasteiger partial charge in [0.05, 0.1) is 18.1 Å². The Bertz CT molecular complexity index is 448. The van der Waals surface area contributed by atoms with Crippen molar-refractivity contribution in [2.75, 3.05) is 0 Å². The SMILES string of the molecule is O=C(O)Cc1ccc2cn[nH]c2c1. The molecule has 0 atom stereocenters. The lowest BCUT2D eigenvalue weighted by Gasteiger charge is -1.95. The van der Waals surface area contributed by atoms with Crippen LogP contribution >= 0.6 is 0 Å². The molecule has 0 aliphatic carbocycles. The topological polar surface area (TPSA) is 66.0 Å². The number of nitrogens with one attached hydrogen (secondary N) is 1. The molecule has 1 heterocycles. The predicted octanol–water partition coefficient (Wildman–Crippen LogP) is 1.19. The highest BCUT2D eigenvalue weighted by Gasteiger charge is 2.01. The number of hydrogen-bond acceptors (Lipinski definition) is 2. The van der Waals surface area contributed by atoms with E-state index in [1.165, 1.54) is 0 Å². The summed E-state index contributed by atoms with van der Waals surface area (Å²) < 4.78 is 0. The second-order valence-corrected chi connectivity index (χ2v) is 2.86. The molecule has 0 amide bonds. The van der Waals surface area contributed by atoms with Gasteiger partial charge >= 0.3 is 5.97 Å². The highest BCUT2D eigenvalue weighted by atomic mass is 16.4. The molecule has 2 N–H and O–H groups in total. The summed E-state index contributed by atoms with van der Waals surface area (Å²) in [4.78, 5) is 10.4. The zero-order valence-electron chi connectivity index (χ0n) is 6.82. The van der Waals surface area contributed by atoms with Crippen molar-refractivity contribution in [2.45, 2.75) is 6.42 Å². The van der Waals surface area contributed by atoms with Crippen molar-refractivity contribution in [3.8, 4) is 0 Å². The first-order chi connectivity index (χ1) is 6.25. The first kappa shape index (κ1) is 7.79. The lowest BCUT2D eigenvalue weighted by Crippen LogP contribution is -1.99. The van der Waals surface area contributed by atoms with E-state index in [0.29, 0.717) is 0 Å². The molecular weight excluding hydrogens is 168 g/mol. The van der Waals surface area contributed by atoms with Crippen molar-refractivity contribution in [3.05, 3.63) is 30.0 Å². The Morgan fingerprint density at radius 2 is 2.38 bits per heavy atom. The molecule has 4 heteroatoms. The maximum absolute atomic E-state index is 10.4. The number of H-pyrrole nitrogens is 1. The van der Waals surface area contributed by atoms with Crippen molar-refractivity contribution in [1.82, 2.24) is 10.2 Å². The average molecular weight is 176 g/mol. The zero-order valence-corrected chi connectivity index (χ0v) is 6.82. The Morgan fingerprint density at radius 3 is 3.15 bits per heavy atom. The molecule has 0 unspecified atom stereocenters. The smallest absolute Gasteiger partial charge is 0.307 e. The largest absolute Gasteiger partial charge is 0.481 e. The zero-order chi connectivity index (χ0) is 9.26. The molecule has 13 heavy (non-hydrogen) atoms. The molecule has 2 rings (SSSR count). The van der Waals surface area contributed by atoms with Crippen LogP contribution in [0.4, 0.5) is 0 Å². The molecule has 0 fully saturated rings. The van der Waals surface area contributed by atoms with Crippen molar-refractivity contribution < 1.29 is 9.90 Å². The molecule has 0 aliphatic heterocycles. The molecule has 0 bridgehead atoms. The Hall–Kier alpha value is -1.84. The highest BCUT2D eigenvalue weighted by Crippen LogP contribution is 2.12. The van der Waals surface area contributed by atoms with E-state index in [0.717, 1.165) is 16.5 Å². The van der Waals surface area contributed by atoms with Crippen molar-refractivity contribution in [2.24, 2.45) is 0 Å². The molecule has 66 valence electrons. The Balaban J connectivity index is 2.42. The van der Waals surface area contributed by atoms with Crippen LogP contribution in [0.3, 0.4) is 0 Å². The molecule has 1 aromatic carbocycles. The molecule has 0 saturated heterocycles. The number of rotatable bonds is 2. The number of benzene rings is 1. The minimum absolute atomic E-state index is 0.0506. The second-order valence-electron chi connectivity index (χ2n) is 2.86. The lowest BCUT2D eigenvalue weighted by molar-refractivity contribution is -0.136. The number of aliphatic carboxylic acids is 1. The summed E-state index contributed by atoms with van der Waals surface area (Å²) in [5.74, 6) is -0.820. The Kier molecular flexibility index (Phi) is 1.73. The minimum atomic E-state index is -0.820. The van der Waals surface area contributed by atoms with E-state index in [-0.39, 0.29) is 6.42 Å². The quantitative estimate of drug-likeness (QED) is 0.722.